The summed E-state index contributed by atoms with van der Waals surface area (Å²) < 4.78 is 2.03. The lowest BCUT2D eigenvalue weighted by Gasteiger charge is -2.18. The van der Waals surface area contributed by atoms with Gasteiger partial charge in [0.1, 0.15) is 0 Å². The minimum absolute atomic E-state index is 0.298. The lowest BCUT2D eigenvalue weighted by molar-refractivity contribution is 0.446. The van der Waals surface area contributed by atoms with E-state index in [2.05, 4.69) is 24.2 Å². The van der Waals surface area contributed by atoms with Gasteiger partial charge in [0.15, 0.2) is 0 Å². The summed E-state index contributed by atoms with van der Waals surface area (Å²) in [7, 11) is 0. The van der Waals surface area contributed by atoms with E-state index >= 15 is 0 Å². The third-order valence-corrected chi connectivity index (χ3v) is 2.66. The average Bonchev–Trinajstić information content (AvgIpc) is 2.47. The van der Waals surface area contributed by atoms with Crippen LogP contribution in [0.4, 0.5) is 0 Å². The summed E-state index contributed by atoms with van der Waals surface area (Å²) in [5.74, 6) is 0.610. The normalized spacial score (nSPS) is 21.3. The average molecular weight is 194 g/mol. The second-order valence-electron chi connectivity index (χ2n) is 4.56. The minimum atomic E-state index is 0.298. The number of aromatic nitrogens is 3. The molecule has 4 heteroatoms. The number of fused-ring (bicyclic) bond motifs is 1. The predicted octanol–water partition coefficient (Wildman–Crippen LogP) is 0.750. The Hall–Kier alpha value is -0.900. The van der Waals surface area contributed by atoms with Crippen LogP contribution in [0, 0.1) is 5.92 Å². The Morgan fingerprint density at radius 3 is 3.07 bits per heavy atom. The highest BCUT2D eigenvalue weighted by atomic mass is 15.4. The van der Waals surface area contributed by atoms with Crippen LogP contribution in [0.15, 0.2) is 0 Å². The van der Waals surface area contributed by atoms with Crippen molar-refractivity contribution >= 4 is 0 Å². The summed E-state index contributed by atoms with van der Waals surface area (Å²) in [4.78, 5) is 0. The summed E-state index contributed by atoms with van der Waals surface area (Å²) in [5, 5.41) is 8.39. The zero-order valence-corrected chi connectivity index (χ0v) is 8.90. The number of hydrogen-bond acceptors (Lipinski definition) is 3. The highest BCUT2D eigenvalue weighted by Crippen LogP contribution is 2.18. The van der Waals surface area contributed by atoms with Gasteiger partial charge < -0.3 is 5.73 Å². The van der Waals surface area contributed by atoms with Gasteiger partial charge in [0.05, 0.1) is 11.4 Å². The summed E-state index contributed by atoms with van der Waals surface area (Å²) >= 11 is 0. The van der Waals surface area contributed by atoms with E-state index in [9.17, 15) is 0 Å². The molecule has 2 rings (SSSR count). The molecule has 1 aromatic rings. The van der Waals surface area contributed by atoms with Crippen molar-refractivity contribution in [3.8, 4) is 0 Å². The van der Waals surface area contributed by atoms with Crippen LogP contribution in [0.3, 0.4) is 0 Å². The quantitative estimate of drug-likeness (QED) is 0.756. The Morgan fingerprint density at radius 2 is 2.36 bits per heavy atom. The van der Waals surface area contributed by atoms with E-state index < -0.39 is 0 Å². The van der Waals surface area contributed by atoms with Crippen LogP contribution < -0.4 is 5.73 Å². The van der Waals surface area contributed by atoms with Crippen LogP contribution in [0.1, 0.15) is 31.7 Å². The lowest BCUT2D eigenvalue weighted by atomic mass is 9.96. The molecule has 1 aliphatic rings. The molecule has 78 valence electrons. The fourth-order valence-electron chi connectivity index (χ4n) is 1.95. The smallest absolute Gasteiger partial charge is 0.0860 e. The van der Waals surface area contributed by atoms with Crippen molar-refractivity contribution in [2.45, 2.75) is 45.7 Å². The molecular weight excluding hydrogens is 176 g/mol. The van der Waals surface area contributed by atoms with E-state index in [-0.39, 0.29) is 0 Å². The maximum Gasteiger partial charge on any atom is 0.0860 e. The molecule has 14 heavy (non-hydrogen) atoms. The van der Waals surface area contributed by atoms with Crippen molar-refractivity contribution in [1.29, 1.82) is 0 Å². The molecule has 0 radical (unpaired) electrons. The van der Waals surface area contributed by atoms with Gasteiger partial charge in [0.25, 0.3) is 0 Å². The fraction of sp³-hybridized carbons (Fsp3) is 0.800. The van der Waals surface area contributed by atoms with Gasteiger partial charge in [-0.05, 0) is 18.8 Å². The number of nitrogens with zero attached hydrogens (tertiary/aromatic N) is 3. The molecule has 0 saturated carbocycles. The van der Waals surface area contributed by atoms with Crippen LogP contribution in [-0.2, 0) is 19.4 Å². The van der Waals surface area contributed by atoms with Gasteiger partial charge in [-0.1, -0.05) is 19.1 Å². The molecule has 0 saturated heterocycles. The molecule has 0 aromatic carbocycles. The third-order valence-electron chi connectivity index (χ3n) is 2.66. The molecule has 1 heterocycles. The van der Waals surface area contributed by atoms with Gasteiger partial charge in [-0.3, -0.25) is 0 Å². The zero-order chi connectivity index (χ0) is 10.1. The molecule has 0 spiro atoms. The Balaban J connectivity index is 2.22. The number of rotatable bonds is 2. The van der Waals surface area contributed by atoms with Crippen LogP contribution in [0.5, 0.6) is 0 Å². The molecule has 0 amide bonds. The Labute approximate surface area is 84.5 Å². The molecule has 1 aliphatic carbocycles. The van der Waals surface area contributed by atoms with E-state index in [1.165, 1.54) is 5.69 Å². The molecule has 0 aliphatic heterocycles. The summed E-state index contributed by atoms with van der Waals surface area (Å²) in [6.45, 7) is 5.34. The monoisotopic (exact) mass is 194 g/mol. The van der Waals surface area contributed by atoms with E-state index in [0.717, 1.165) is 31.5 Å². The van der Waals surface area contributed by atoms with Gasteiger partial charge in [-0.2, -0.15) is 0 Å². The molecule has 0 fully saturated rings. The largest absolute Gasteiger partial charge is 0.327 e. The summed E-state index contributed by atoms with van der Waals surface area (Å²) in [6.07, 6.45) is 2.98. The van der Waals surface area contributed by atoms with Crippen LogP contribution in [-0.4, -0.2) is 21.0 Å². The molecule has 0 bridgehead atoms. The Kier molecular flexibility index (Phi) is 2.54. The minimum Gasteiger partial charge on any atom is -0.327 e. The molecule has 1 atom stereocenters. The third kappa shape index (κ3) is 1.80. The highest BCUT2D eigenvalue weighted by Gasteiger charge is 2.21. The van der Waals surface area contributed by atoms with Crippen LogP contribution in [0.25, 0.3) is 0 Å². The SMILES string of the molecule is CC(C)Cn1nnc2c1CC(N)CC2. The predicted molar refractivity (Wildman–Crippen MR) is 54.9 cm³/mol. The first-order chi connectivity index (χ1) is 6.66. The molecule has 1 aromatic heterocycles. The first kappa shape index (κ1) is 9.65. The highest BCUT2D eigenvalue weighted by molar-refractivity contribution is 5.15. The van der Waals surface area contributed by atoms with Crippen molar-refractivity contribution in [3.05, 3.63) is 11.4 Å². The van der Waals surface area contributed by atoms with E-state index in [0.29, 0.717) is 12.0 Å². The van der Waals surface area contributed by atoms with Crippen molar-refractivity contribution in [2.75, 3.05) is 0 Å². The fourth-order valence-corrected chi connectivity index (χ4v) is 1.95. The van der Waals surface area contributed by atoms with Crippen LogP contribution in [0.2, 0.25) is 0 Å². The maximum atomic E-state index is 5.94. The molecule has 1 unspecified atom stereocenters. The summed E-state index contributed by atoms with van der Waals surface area (Å²) in [5.41, 5.74) is 8.36. The maximum absolute atomic E-state index is 5.94. The first-order valence-electron chi connectivity index (χ1n) is 5.33. The lowest BCUT2D eigenvalue weighted by Crippen LogP contribution is -2.29. The number of aryl methyl sites for hydroxylation is 1. The second kappa shape index (κ2) is 3.69. The van der Waals surface area contributed by atoms with Crippen molar-refractivity contribution in [3.63, 3.8) is 0 Å². The Morgan fingerprint density at radius 1 is 1.57 bits per heavy atom. The van der Waals surface area contributed by atoms with Crippen molar-refractivity contribution < 1.29 is 0 Å². The van der Waals surface area contributed by atoms with E-state index in [4.69, 9.17) is 5.73 Å². The summed E-state index contributed by atoms with van der Waals surface area (Å²) in [6, 6.07) is 0.298. The van der Waals surface area contributed by atoms with Crippen LogP contribution >= 0.6 is 0 Å². The van der Waals surface area contributed by atoms with E-state index in [1.54, 1.807) is 0 Å². The molecular formula is C10H18N4. The van der Waals surface area contributed by atoms with Gasteiger partial charge in [-0.25, -0.2) is 4.68 Å². The van der Waals surface area contributed by atoms with Gasteiger partial charge in [0.2, 0.25) is 0 Å². The zero-order valence-electron chi connectivity index (χ0n) is 8.90. The second-order valence-corrected chi connectivity index (χ2v) is 4.56. The molecule has 2 N–H and O–H groups in total. The topological polar surface area (TPSA) is 56.7 Å². The molecule has 4 nitrogen and oxygen atoms in total. The number of nitrogens with two attached hydrogens (primary N) is 1. The standard InChI is InChI=1S/C10H18N4/c1-7(2)6-14-10-5-8(11)3-4-9(10)12-13-14/h7-8H,3-6,11H2,1-2H3. The van der Waals surface area contributed by atoms with Gasteiger partial charge in [-0.15, -0.1) is 5.10 Å². The van der Waals surface area contributed by atoms with E-state index in [1.807, 2.05) is 4.68 Å². The Bertz CT molecular complexity index is 316. The van der Waals surface area contributed by atoms with Crippen molar-refractivity contribution in [1.82, 2.24) is 15.0 Å². The first-order valence-corrected chi connectivity index (χ1v) is 5.33. The van der Waals surface area contributed by atoms with Crippen molar-refractivity contribution in [2.24, 2.45) is 11.7 Å². The van der Waals surface area contributed by atoms with Gasteiger partial charge in [0, 0.05) is 19.0 Å². The number of hydrogen-bond donors (Lipinski definition) is 1. The van der Waals surface area contributed by atoms with Gasteiger partial charge >= 0.3 is 0 Å².